The van der Waals surface area contributed by atoms with Crippen LogP contribution in [0.25, 0.3) is 0 Å². The van der Waals surface area contributed by atoms with Gasteiger partial charge in [-0.2, -0.15) is 4.31 Å². The van der Waals surface area contributed by atoms with Crippen molar-refractivity contribution in [3.8, 4) is 5.75 Å². The highest BCUT2D eigenvalue weighted by molar-refractivity contribution is 7.89. The van der Waals surface area contributed by atoms with E-state index in [0.717, 1.165) is 12.5 Å². The minimum absolute atomic E-state index is 0.0392. The lowest BCUT2D eigenvalue weighted by Gasteiger charge is -2.30. The highest BCUT2D eigenvalue weighted by atomic mass is 35.5. The minimum atomic E-state index is -3.76. The van der Waals surface area contributed by atoms with Crippen LogP contribution in [-0.4, -0.2) is 44.0 Å². The number of halogens is 1. The maximum Gasteiger partial charge on any atom is 0.339 e. The van der Waals surface area contributed by atoms with Crippen molar-refractivity contribution in [3.05, 3.63) is 22.7 Å². The number of hydrogen-bond donors (Lipinski definition) is 1. The highest BCUT2D eigenvalue weighted by Crippen LogP contribution is 2.34. The molecule has 1 heterocycles. The molecule has 0 spiro atoms. The van der Waals surface area contributed by atoms with Gasteiger partial charge in [0, 0.05) is 18.1 Å². The fourth-order valence-corrected chi connectivity index (χ4v) is 3.80. The van der Waals surface area contributed by atoms with Crippen molar-refractivity contribution in [1.82, 2.24) is 4.31 Å². The minimum Gasteiger partial charge on any atom is -0.494 e. The smallest absolute Gasteiger partial charge is 0.339 e. The largest absolute Gasteiger partial charge is 0.494 e. The topological polar surface area (TPSA) is 83.9 Å². The molecular weight excluding hydrogens is 294 g/mol. The fraction of sp³-hybridized carbons (Fsp3) is 0.364. The molecule has 0 radical (unpaired) electrons. The Kier molecular flexibility index (Phi) is 3.71. The van der Waals surface area contributed by atoms with Crippen LogP contribution < -0.4 is 4.74 Å². The van der Waals surface area contributed by atoms with Gasteiger partial charge in [-0.3, -0.25) is 0 Å². The van der Waals surface area contributed by atoms with Crippen molar-refractivity contribution < 1.29 is 23.1 Å². The normalized spacial score (nSPS) is 15.9. The molecule has 19 heavy (non-hydrogen) atoms. The van der Waals surface area contributed by atoms with E-state index < -0.39 is 16.0 Å². The molecule has 1 saturated heterocycles. The van der Waals surface area contributed by atoms with Gasteiger partial charge < -0.3 is 9.84 Å². The van der Waals surface area contributed by atoms with Crippen LogP contribution in [0.1, 0.15) is 16.8 Å². The van der Waals surface area contributed by atoms with Crippen LogP contribution in [0.4, 0.5) is 0 Å². The van der Waals surface area contributed by atoms with E-state index in [9.17, 15) is 13.2 Å². The predicted molar refractivity (Wildman–Crippen MR) is 68.3 cm³/mol. The molecule has 6 nitrogen and oxygen atoms in total. The van der Waals surface area contributed by atoms with E-state index in [1.807, 2.05) is 0 Å². The van der Waals surface area contributed by atoms with Crippen LogP contribution in [0.5, 0.6) is 5.75 Å². The van der Waals surface area contributed by atoms with Gasteiger partial charge in [-0.1, -0.05) is 11.6 Å². The summed E-state index contributed by atoms with van der Waals surface area (Å²) in [6.45, 7) is 0.834. The number of benzene rings is 1. The summed E-state index contributed by atoms with van der Waals surface area (Å²) in [5, 5.41) is 9.11. The quantitative estimate of drug-likeness (QED) is 0.910. The third-order valence-corrected chi connectivity index (χ3v) is 5.01. The maximum absolute atomic E-state index is 12.3. The molecule has 8 heteroatoms. The van der Waals surface area contributed by atoms with E-state index in [-0.39, 0.29) is 21.2 Å². The molecule has 1 aromatic rings. The second-order valence-corrected chi connectivity index (χ2v) is 6.39. The van der Waals surface area contributed by atoms with Crippen LogP contribution in [-0.2, 0) is 10.0 Å². The first-order chi connectivity index (χ1) is 8.87. The Bertz CT molecular complexity index is 624. The maximum atomic E-state index is 12.3. The molecule has 0 saturated carbocycles. The molecule has 104 valence electrons. The van der Waals surface area contributed by atoms with Crippen molar-refractivity contribution in [3.63, 3.8) is 0 Å². The Morgan fingerprint density at radius 3 is 2.47 bits per heavy atom. The summed E-state index contributed by atoms with van der Waals surface area (Å²) in [5.74, 6) is -1.48. The zero-order valence-corrected chi connectivity index (χ0v) is 11.7. The van der Waals surface area contributed by atoms with E-state index in [0.29, 0.717) is 13.1 Å². The van der Waals surface area contributed by atoms with Crippen LogP contribution in [0.15, 0.2) is 17.0 Å². The Labute approximate surface area is 115 Å². The summed E-state index contributed by atoms with van der Waals surface area (Å²) >= 11 is 5.79. The number of aromatic carboxylic acids is 1. The fourth-order valence-electron chi connectivity index (χ4n) is 1.80. The summed E-state index contributed by atoms with van der Waals surface area (Å²) < 4.78 is 30.8. The van der Waals surface area contributed by atoms with Crippen molar-refractivity contribution in [2.75, 3.05) is 20.2 Å². The molecule has 0 bridgehead atoms. The van der Waals surface area contributed by atoms with Crippen molar-refractivity contribution in [2.24, 2.45) is 0 Å². The van der Waals surface area contributed by atoms with E-state index in [1.54, 1.807) is 0 Å². The number of rotatable bonds is 4. The van der Waals surface area contributed by atoms with E-state index in [4.69, 9.17) is 21.4 Å². The zero-order valence-electron chi connectivity index (χ0n) is 10.1. The molecule has 0 atom stereocenters. The van der Waals surface area contributed by atoms with Crippen LogP contribution in [0, 0.1) is 0 Å². The number of carboxylic acids is 1. The Morgan fingerprint density at radius 2 is 2.05 bits per heavy atom. The summed E-state index contributed by atoms with van der Waals surface area (Å²) in [7, 11) is -2.54. The van der Waals surface area contributed by atoms with Crippen LogP contribution >= 0.6 is 11.6 Å². The van der Waals surface area contributed by atoms with Gasteiger partial charge in [0.25, 0.3) is 0 Å². The van der Waals surface area contributed by atoms with E-state index in [2.05, 4.69) is 0 Å². The number of carbonyl (C=O) groups is 1. The second kappa shape index (κ2) is 4.99. The van der Waals surface area contributed by atoms with Gasteiger partial charge in [-0.25, -0.2) is 13.2 Å². The van der Waals surface area contributed by atoms with E-state index in [1.165, 1.54) is 17.5 Å². The summed E-state index contributed by atoms with van der Waals surface area (Å²) in [5.41, 5.74) is -0.269. The standard InChI is InChI=1S/C11H12ClNO5S/c1-18-10-8(11(14)15)5-7(12)6-9(10)19(16,17)13-3-2-4-13/h5-6H,2-4H2,1H3,(H,14,15). The molecule has 0 aliphatic carbocycles. The van der Waals surface area contributed by atoms with Gasteiger partial charge in [-0.05, 0) is 18.6 Å². The lowest BCUT2D eigenvalue weighted by molar-refractivity contribution is 0.0693. The van der Waals surface area contributed by atoms with Gasteiger partial charge >= 0.3 is 5.97 Å². The highest BCUT2D eigenvalue weighted by Gasteiger charge is 2.34. The van der Waals surface area contributed by atoms with Gasteiger partial charge in [0.05, 0.1) is 7.11 Å². The zero-order chi connectivity index (χ0) is 14.2. The van der Waals surface area contributed by atoms with Crippen molar-refractivity contribution in [2.45, 2.75) is 11.3 Å². The molecule has 1 aliphatic heterocycles. The van der Waals surface area contributed by atoms with Gasteiger partial charge in [0.1, 0.15) is 10.5 Å². The Morgan fingerprint density at radius 1 is 1.42 bits per heavy atom. The molecule has 0 amide bonds. The molecule has 1 aromatic carbocycles. The number of sulfonamides is 1. The average Bonchev–Trinajstić information content (AvgIpc) is 2.24. The molecular formula is C11H12ClNO5S. The van der Waals surface area contributed by atoms with Gasteiger partial charge in [0.2, 0.25) is 10.0 Å². The van der Waals surface area contributed by atoms with Gasteiger partial charge in [-0.15, -0.1) is 0 Å². The molecule has 0 unspecified atom stereocenters. The summed E-state index contributed by atoms with van der Waals surface area (Å²) in [4.78, 5) is 10.9. The summed E-state index contributed by atoms with van der Waals surface area (Å²) in [6, 6.07) is 2.37. The first kappa shape index (κ1) is 14.1. The number of methoxy groups -OCH3 is 1. The van der Waals surface area contributed by atoms with Crippen LogP contribution in [0.3, 0.4) is 0 Å². The number of nitrogens with zero attached hydrogens (tertiary/aromatic N) is 1. The van der Waals surface area contributed by atoms with Crippen LogP contribution in [0.2, 0.25) is 5.02 Å². The predicted octanol–water partition coefficient (Wildman–Crippen LogP) is 1.44. The second-order valence-electron chi connectivity index (χ2n) is 4.05. The third-order valence-electron chi connectivity index (χ3n) is 2.89. The molecule has 1 fully saturated rings. The molecule has 2 rings (SSSR count). The Hall–Kier alpha value is -1.31. The molecule has 0 aromatic heterocycles. The van der Waals surface area contributed by atoms with Crippen molar-refractivity contribution >= 4 is 27.6 Å². The van der Waals surface area contributed by atoms with E-state index >= 15 is 0 Å². The lowest BCUT2D eigenvalue weighted by atomic mass is 10.2. The van der Waals surface area contributed by atoms with Gasteiger partial charge in [0.15, 0.2) is 5.75 Å². The number of carboxylic acid groups (broad SMARTS) is 1. The average molecular weight is 306 g/mol. The SMILES string of the molecule is COc1c(C(=O)O)cc(Cl)cc1S(=O)(=O)N1CCC1. The monoisotopic (exact) mass is 305 g/mol. The molecule has 1 N–H and O–H groups in total. The first-order valence-electron chi connectivity index (χ1n) is 5.49. The Balaban J connectivity index is 2.65. The first-order valence-corrected chi connectivity index (χ1v) is 7.30. The number of ether oxygens (including phenoxy) is 1. The van der Waals surface area contributed by atoms with Crippen molar-refractivity contribution in [1.29, 1.82) is 0 Å². The third kappa shape index (κ3) is 2.41. The molecule has 1 aliphatic rings. The number of hydrogen-bond acceptors (Lipinski definition) is 4. The summed E-state index contributed by atoms with van der Waals surface area (Å²) in [6.07, 6.45) is 0.786. The lowest BCUT2D eigenvalue weighted by Crippen LogP contribution is -2.42.